The Balaban J connectivity index is 1.68. The number of aryl methyl sites for hydroxylation is 1. The van der Waals surface area contributed by atoms with Crippen molar-refractivity contribution in [2.24, 2.45) is 5.92 Å². The van der Waals surface area contributed by atoms with E-state index in [1.807, 2.05) is 36.1 Å². The predicted molar refractivity (Wildman–Crippen MR) is 93.9 cm³/mol. The molecular formula is C19H28N2O3. The average Bonchev–Trinajstić information content (AvgIpc) is 2.54. The van der Waals surface area contributed by atoms with Crippen LogP contribution in [0.1, 0.15) is 38.7 Å². The molecule has 1 aromatic carbocycles. The van der Waals surface area contributed by atoms with E-state index in [1.54, 1.807) is 0 Å². The summed E-state index contributed by atoms with van der Waals surface area (Å²) >= 11 is 0. The molecule has 0 aliphatic carbocycles. The van der Waals surface area contributed by atoms with Crippen molar-refractivity contribution in [3.63, 3.8) is 0 Å². The Morgan fingerprint density at radius 3 is 2.42 bits per heavy atom. The Morgan fingerprint density at radius 1 is 1.21 bits per heavy atom. The average molecular weight is 332 g/mol. The van der Waals surface area contributed by atoms with Gasteiger partial charge in [0.2, 0.25) is 5.91 Å². The third-order valence-electron chi connectivity index (χ3n) is 4.19. The van der Waals surface area contributed by atoms with E-state index in [0.717, 1.165) is 31.5 Å². The number of hydrogen-bond acceptors (Lipinski definition) is 3. The van der Waals surface area contributed by atoms with E-state index < -0.39 is 0 Å². The van der Waals surface area contributed by atoms with E-state index in [1.165, 1.54) is 0 Å². The molecular weight excluding hydrogens is 304 g/mol. The highest BCUT2D eigenvalue weighted by molar-refractivity contribution is 5.78. The molecule has 0 unspecified atom stereocenters. The molecule has 2 amide bonds. The molecule has 5 heteroatoms. The number of benzene rings is 1. The van der Waals surface area contributed by atoms with Crippen molar-refractivity contribution < 1.29 is 14.3 Å². The van der Waals surface area contributed by atoms with E-state index in [2.05, 4.69) is 19.2 Å². The van der Waals surface area contributed by atoms with Crippen LogP contribution in [0.15, 0.2) is 24.3 Å². The molecule has 1 N–H and O–H groups in total. The molecule has 1 aliphatic heterocycles. The van der Waals surface area contributed by atoms with Crippen LogP contribution in [0.4, 0.5) is 0 Å². The maximum absolute atomic E-state index is 12.0. The van der Waals surface area contributed by atoms with E-state index in [-0.39, 0.29) is 24.5 Å². The van der Waals surface area contributed by atoms with Crippen LogP contribution in [-0.4, -0.2) is 42.5 Å². The molecule has 0 spiro atoms. The number of carbonyl (C=O) groups excluding carboxylic acids is 2. The van der Waals surface area contributed by atoms with Gasteiger partial charge in [0, 0.05) is 25.6 Å². The third kappa shape index (κ3) is 5.87. The van der Waals surface area contributed by atoms with Crippen molar-refractivity contribution in [3.05, 3.63) is 29.8 Å². The second kappa shape index (κ2) is 8.71. The number of carbonyl (C=O) groups is 2. The Bertz CT molecular complexity index is 546. The molecule has 24 heavy (non-hydrogen) atoms. The van der Waals surface area contributed by atoms with Crippen LogP contribution >= 0.6 is 0 Å². The number of amides is 2. The largest absolute Gasteiger partial charge is 0.484 e. The minimum atomic E-state index is -0.109. The second-order valence-corrected chi connectivity index (χ2v) is 6.92. The van der Waals surface area contributed by atoms with Crippen molar-refractivity contribution in [2.45, 2.75) is 46.1 Å². The monoisotopic (exact) mass is 332 g/mol. The van der Waals surface area contributed by atoms with Crippen LogP contribution in [0.25, 0.3) is 0 Å². The summed E-state index contributed by atoms with van der Waals surface area (Å²) in [5, 5.41) is 3.00. The van der Waals surface area contributed by atoms with E-state index in [9.17, 15) is 9.59 Å². The van der Waals surface area contributed by atoms with Gasteiger partial charge in [-0.2, -0.15) is 0 Å². The molecule has 1 aliphatic rings. The van der Waals surface area contributed by atoms with Gasteiger partial charge in [-0.25, -0.2) is 0 Å². The van der Waals surface area contributed by atoms with E-state index in [0.29, 0.717) is 18.1 Å². The molecule has 5 nitrogen and oxygen atoms in total. The first-order valence-corrected chi connectivity index (χ1v) is 8.70. The number of hydrogen-bond donors (Lipinski definition) is 1. The fourth-order valence-electron chi connectivity index (χ4n) is 2.80. The van der Waals surface area contributed by atoms with Crippen LogP contribution < -0.4 is 10.1 Å². The highest BCUT2D eigenvalue weighted by atomic mass is 16.5. The minimum Gasteiger partial charge on any atom is -0.484 e. The van der Waals surface area contributed by atoms with Gasteiger partial charge in [0.1, 0.15) is 5.75 Å². The molecule has 0 aromatic heterocycles. The van der Waals surface area contributed by atoms with Gasteiger partial charge in [-0.05, 0) is 37.8 Å². The zero-order valence-electron chi connectivity index (χ0n) is 14.9. The van der Waals surface area contributed by atoms with E-state index in [4.69, 9.17) is 4.74 Å². The van der Waals surface area contributed by atoms with Crippen LogP contribution in [0.5, 0.6) is 5.75 Å². The first kappa shape index (κ1) is 18.3. The smallest absolute Gasteiger partial charge is 0.258 e. The summed E-state index contributed by atoms with van der Waals surface area (Å²) in [7, 11) is 0. The SMILES string of the molecule is Cc1ccc(OCC(=O)NC2CCN(C(=O)CC(C)C)CC2)cc1. The van der Waals surface area contributed by atoms with Crippen LogP contribution in [0.3, 0.4) is 0 Å². The molecule has 0 radical (unpaired) electrons. The third-order valence-corrected chi connectivity index (χ3v) is 4.19. The summed E-state index contributed by atoms with van der Waals surface area (Å²) < 4.78 is 5.49. The molecule has 1 fully saturated rings. The zero-order valence-corrected chi connectivity index (χ0v) is 14.9. The van der Waals surface area contributed by atoms with Gasteiger partial charge in [-0.15, -0.1) is 0 Å². The van der Waals surface area contributed by atoms with Crippen molar-refractivity contribution in [3.8, 4) is 5.75 Å². The number of likely N-dealkylation sites (tertiary alicyclic amines) is 1. The summed E-state index contributed by atoms with van der Waals surface area (Å²) in [6, 6.07) is 7.76. The van der Waals surface area contributed by atoms with Crippen molar-refractivity contribution in [2.75, 3.05) is 19.7 Å². The quantitative estimate of drug-likeness (QED) is 0.871. The second-order valence-electron chi connectivity index (χ2n) is 6.92. The fourth-order valence-corrected chi connectivity index (χ4v) is 2.80. The maximum Gasteiger partial charge on any atom is 0.258 e. The first-order valence-electron chi connectivity index (χ1n) is 8.70. The maximum atomic E-state index is 12.0. The zero-order chi connectivity index (χ0) is 17.5. The van der Waals surface area contributed by atoms with E-state index >= 15 is 0 Å². The minimum absolute atomic E-state index is 0.0234. The van der Waals surface area contributed by atoms with Crippen molar-refractivity contribution in [1.82, 2.24) is 10.2 Å². The summed E-state index contributed by atoms with van der Waals surface area (Å²) in [5.74, 6) is 1.19. The van der Waals surface area contributed by atoms with Gasteiger partial charge in [0.15, 0.2) is 6.61 Å². The molecule has 2 rings (SSSR count). The number of rotatable bonds is 6. The van der Waals surface area contributed by atoms with Gasteiger partial charge in [-0.3, -0.25) is 9.59 Å². The van der Waals surface area contributed by atoms with Crippen LogP contribution in [-0.2, 0) is 9.59 Å². The van der Waals surface area contributed by atoms with Gasteiger partial charge >= 0.3 is 0 Å². The highest BCUT2D eigenvalue weighted by Gasteiger charge is 2.24. The summed E-state index contributed by atoms with van der Waals surface area (Å²) in [5.41, 5.74) is 1.16. The summed E-state index contributed by atoms with van der Waals surface area (Å²) in [6.45, 7) is 7.58. The molecule has 1 heterocycles. The van der Waals surface area contributed by atoms with Crippen LogP contribution in [0, 0.1) is 12.8 Å². The molecule has 1 aromatic rings. The predicted octanol–water partition coefficient (Wildman–Crippen LogP) is 2.53. The Hall–Kier alpha value is -2.04. The molecule has 0 saturated carbocycles. The fraction of sp³-hybridized carbons (Fsp3) is 0.579. The lowest BCUT2D eigenvalue weighted by molar-refractivity contribution is -0.133. The number of piperidine rings is 1. The van der Waals surface area contributed by atoms with Gasteiger partial charge < -0.3 is 15.0 Å². The first-order chi connectivity index (χ1) is 11.4. The molecule has 0 bridgehead atoms. The van der Waals surface area contributed by atoms with Crippen molar-refractivity contribution in [1.29, 1.82) is 0 Å². The molecule has 132 valence electrons. The standard InChI is InChI=1S/C19H28N2O3/c1-14(2)12-19(23)21-10-8-16(9-11-21)20-18(22)13-24-17-6-4-15(3)5-7-17/h4-7,14,16H,8-13H2,1-3H3,(H,20,22). The topological polar surface area (TPSA) is 58.6 Å². The molecule has 1 saturated heterocycles. The lowest BCUT2D eigenvalue weighted by atomic mass is 10.0. The highest BCUT2D eigenvalue weighted by Crippen LogP contribution is 2.14. The number of nitrogens with one attached hydrogen (secondary N) is 1. The Morgan fingerprint density at radius 2 is 1.83 bits per heavy atom. The summed E-state index contributed by atoms with van der Waals surface area (Å²) in [4.78, 5) is 25.9. The van der Waals surface area contributed by atoms with Crippen molar-refractivity contribution >= 4 is 11.8 Å². The number of ether oxygens (including phenoxy) is 1. The normalized spacial score (nSPS) is 15.4. The van der Waals surface area contributed by atoms with Crippen LogP contribution in [0.2, 0.25) is 0 Å². The van der Waals surface area contributed by atoms with Gasteiger partial charge in [-0.1, -0.05) is 31.5 Å². The Labute approximate surface area is 144 Å². The molecule has 0 atom stereocenters. The Kier molecular flexibility index (Phi) is 6.64. The number of nitrogens with zero attached hydrogens (tertiary/aromatic N) is 1. The van der Waals surface area contributed by atoms with Gasteiger partial charge in [0.25, 0.3) is 5.91 Å². The lowest BCUT2D eigenvalue weighted by Crippen LogP contribution is -2.47. The summed E-state index contributed by atoms with van der Waals surface area (Å²) in [6.07, 6.45) is 2.21. The lowest BCUT2D eigenvalue weighted by Gasteiger charge is -2.32. The van der Waals surface area contributed by atoms with Gasteiger partial charge in [0.05, 0.1) is 0 Å².